The van der Waals surface area contributed by atoms with Crippen molar-refractivity contribution in [2.24, 2.45) is 0 Å². The lowest BCUT2D eigenvalue weighted by Crippen LogP contribution is -2.45. The smallest absolute Gasteiger partial charge is 0.394 e. The molecule has 12 nitrogen and oxygen atoms in total. The summed E-state index contributed by atoms with van der Waals surface area (Å²) in [7, 11) is -10.6. The third kappa shape index (κ3) is 7.53. The third-order valence-corrected chi connectivity index (χ3v) is 3.95. The Morgan fingerprint density at radius 3 is 2.00 bits per heavy atom. The normalized spacial score (nSPS) is 19.9. The minimum Gasteiger partial charge on any atom is -0.394 e. The number of hydrogen-bond acceptors (Lipinski definition) is 9. The lowest BCUT2D eigenvalue weighted by Gasteiger charge is -2.20. The van der Waals surface area contributed by atoms with E-state index >= 15 is 0 Å². The molecule has 0 aliphatic heterocycles. The van der Waals surface area contributed by atoms with Gasteiger partial charge in [-0.05, 0) is 0 Å². The molecular formula is C6H14O12P2. The van der Waals surface area contributed by atoms with Gasteiger partial charge in [0.1, 0.15) is 24.9 Å². The van der Waals surface area contributed by atoms with Crippen LogP contribution in [0, 0.1) is 0 Å². The Morgan fingerprint density at radius 2 is 1.60 bits per heavy atom. The number of phosphoric acid groups is 2. The van der Waals surface area contributed by atoms with Crippen molar-refractivity contribution in [3.05, 3.63) is 0 Å². The van der Waals surface area contributed by atoms with Gasteiger partial charge >= 0.3 is 15.6 Å². The molecule has 7 N–H and O–H groups in total. The number of Topliss-reactive ketones (excluding diaryl/α,β-unsaturated/α-hetero) is 1. The van der Waals surface area contributed by atoms with Crippen LogP contribution in [0.4, 0.5) is 0 Å². The summed E-state index contributed by atoms with van der Waals surface area (Å²) in [5, 5.41) is 35.8. The van der Waals surface area contributed by atoms with Crippen LogP contribution in [0.3, 0.4) is 0 Å². The van der Waals surface area contributed by atoms with Gasteiger partial charge in [-0.2, -0.15) is 4.31 Å². The van der Waals surface area contributed by atoms with Crippen molar-refractivity contribution < 1.29 is 57.9 Å². The van der Waals surface area contributed by atoms with Crippen LogP contribution in [-0.2, 0) is 22.8 Å². The average Bonchev–Trinajstić information content (AvgIpc) is 2.30. The van der Waals surface area contributed by atoms with Crippen molar-refractivity contribution in [1.29, 1.82) is 0 Å². The molecule has 20 heavy (non-hydrogen) atoms. The van der Waals surface area contributed by atoms with Crippen LogP contribution in [-0.4, -0.2) is 72.4 Å². The van der Waals surface area contributed by atoms with Crippen molar-refractivity contribution in [2.75, 3.05) is 13.2 Å². The summed E-state index contributed by atoms with van der Waals surface area (Å²) >= 11 is 0. The maximum absolute atomic E-state index is 11.2. The molecule has 0 aliphatic carbocycles. The maximum Gasteiger partial charge on any atom is 0.481 e. The second-order valence-electron chi connectivity index (χ2n) is 3.47. The highest BCUT2D eigenvalue weighted by molar-refractivity contribution is 7.60. The zero-order chi connectivity index (χ0) is 16.1. The molecule has 14 heteroatoms. The van der Waals surface area contributed by atoms with E-state index in [1.807, 2.05) is 0 Å². The number of aliphatic hydroxyl groups is 4. The Labute approximate surface area is 112 Å². The van der Waals surface area contributed by atoms with E-state index in [0.29, 0.717) is 0 Å². The minimum absolute atomic E-state index is 0.966. The largest absolute Gasteiger partial charge is 0.481 e. The molecular weight excluding hydrogens is 326 g/mol. The molecule has 0 fully saturated rings. The van der Waals surface area contributed by atoms with E-state index in [2.05, 4.69) is 8.83 Å². The van der Waals surface area contributed by atoms with Crippen LogP contribution in [0.25, 0.3) is 0 Å². The van der Waals surface area contributed by atoms with E-state index in [4.69, 9.17) is 30.0 Å². The van der Waals surface area contributed by atoms with Crippen molar-refractivity contribution in [3.63, 3.8) is 0 Å². The van der Waals surface area contributed by atoms with Crippen LogP contribution >= 0.6 is 15.6 Å². The summed E-state index contributed by atoms with van der Waals surface area (Å²) < 4.78 is 28.5. The van der Waals surface area contributed by atoms with Crippen molar-refractivity contribution in [1.82, 2.24) is 0 Å². The molecule has 0 rings (SSSR count). The molecule has 0 bridgehead atoms. The van der Waals surface area contributed by atoms with Crippen LogP contribution < -0.4 is 0 Å². The Bertz CT molecular complexity index is 416. The van der Waals surface area contributed by atoms with E-state index in [-0.39, 0.29) is 0 Å². The zero-order valence-electron chi connectivity index (χ0n) is 9.71. The van der Waals surface area contributed by atoms with Gasteiger partial charge < -0.3 is 35.1 Å². The third-order valence-electron chi connectivity index (χ3n) is 1.81. The van der Waals surface area contributed by atoms with E-state index in [9.17, 15) is 19.0 Å². The van der Waals surface area contributed by atoms with Gasteiger partial charge in [0.2, 0.25) is 0 Å². The Hall–Kier alpha value is -0.230. The monoisotopic (exact) mass is 340 g/mol. The fourth-order valence-corrected chi connectivity index (χ4v) is 2.45. The van der Waals surface area contributed by atoms with Gasteiger partial charge in [0.05, 0.1) is 6.61 Å². The number of hydrogen-bond donors (Lipinski definition) is 7. The summed E-state index contributed by atoms with van der Waals surface area (Å²) in [4.78, 5) is 36.5. The van der Waals surface area contributed by atoms with Gasteiger partial charge in [-0.15, -0.1) is 0 Å². The first-order valence-electron chi connectivity index (χ1n) is 4.81. The fraction of sp³-hybridized carbons (Fsp3) is 0.833. The second kappa shape index (κ2) is 7.69. The quantitative estimate of drug-likeness (QED) is 0.207. The van der Waals surface area contributed by atoms with Crippen molar-refractivity contribution in [2.45, 2.75) is 18.3 Å². The first-order valence-corrected chi connectivity index (χ1v) is 7.84. The first kappa shape index (κ1) is 19.8. The SMILES string of the molecule is O=C(COP(=O)(O)OP(=O)(O)O)[C@H](O)[C@@H](O)[C@H](O)CO. The number of ketones is 1. The van der Waals surface area contributed by atoms with Crippen LogP contribution in [0.2, 0.25) is 0 Å². The maximum atomic E-state index is 11.2. The van der Waals surface area contributed by atoms with Gasteiger partial charge in [-0.1, -0.05) is 0 Å². The highest BCUT2D eigenvalue weighted by Crippen LogP contribution is 2.57. The Kier molecular flexibility index (Phi) is 7.60. The summed E-state index contributed by atoms with van der Waals surface area (Å²) in [6, 6.07) is 0. The number of carbonyl (C=O) groups is 1. The highest BCUT2D eigenvalue weighted by atomic mass is 31.3. The summed E-state index contributed by atoms with van der Waals surface area (Å²) in [6.45, 7) is -2.31. The number of aliphatic hydroxyl groups excluding tert-OH is 4. The molecule has 0 aromatic rings. The van der Waals surface area contributed by atoms with E-state index in [1.165, 1.54) is 0 Å². The molecule has 0 amide bonds. The molecule has 0 aromatic heterocycles. The summed E-state index contributed by atoms with van der Waals surface area (Å²) in [6.07, 6.45) is -6.19. The van der Waals surface area contributed by atoms with Crippen molar-refractivity contribution in [3.8, 4) is 0 Å². The van der Waals surface area contributed by atoms with Gasteiger partial charge in [0, 0.05) is 0 Å². The zero-order valence-corrected chi connectivity index (χ0v) is 11.5. The Morgan fingerprint density at radius 1 is 1.10 bits per heavy atom. The molecule has 0 radical (unpaired) electrons. The lowest BCUT2D eigenvalue weighted by atomic mass is 10.1. The standard InChI is InChI=1S/C6H14O12P2/c7-1-3(8)5(10)6(11)4(9)2-17-20(15,16)18-19(12,13)14/h3,5-8,10-11H,1-2H2,(H,15,16)(H2,12,13,14)/t3-,5+,6+/m1/s1. The second-order valence-corrected chi connectivity index (χ2v) is 6.30. The predicted octanol–water partition coefficient (Wildman–Crippen LogP) is -3.14. The van der Waals surface area contributed by atoms with Crippen LogP contribution in [0.15, 0.2) is 0 Å². The molecule has 0 saturated carbocycles. The van der Waals surface area contributed by atoms with Crippen LogP contribution in [0.1, 0.15) is 0 Å². The molecule has 0 saturated heterocycles. The van der Waals surface area contributed by atoms with E-state index in [0.717, 1.165) is 0 Å². The molecule has 0 heterocycles. The van der Waals surface area contributed by atoms with Gasteiger partial charge in [-0.3, -0.25) is 9.32 Å². The molecule has 4 atom stereocenters. The summed E-state index contributed by atoms with van der Waals surface area (Å²) in [5.74, 6) is -1.39. The molecule has 1 unspecified atom stereocenters. The van der Waals surface area contributed by atoms with Gasteiger partial charge in [0.15, 0.2) is 5.78 Å². The first-order chi connectivity index (χ1) is 8.89. The van der Waals surface area contributed by atoms with E-state index in [1.54, 1.807) is 0 Å². The molecule has 0 aliphatic rings. The average molecular weight is 340 g/mol. The number of carbonyl (C=O) groups excluding carboxylic acids is 1. The number of phosphoric ester groups is 1. The summed E-state index contributed by atoms with van der Waals surface area (Å²) in [5.41, 5.74) is 0. The Balaban J connectivity index is 4.49. The van der Waals surface area contributed by atoms with Gasteiger partial charge in [-0.25, -0.2) is 9.13 Å². The van der Waals surface area contributed by atoms with Crippen molar-refractivity contribution >= 4 is 21.4 Å². The number of rotatable bonds is 9. The predicted molar refractivity (Wildman–Crippen MR) is 59.0 cm³/mol. The fourth-order valence-electron chi connectivity index (χ4n) is 0.897. The lowest BCUT2D eigenvalue weighted by molar-refractivity contribution is -0.142. The highest BCUT2D eigenvalue weighted by Gasteiger charge is 2.35. The topological polar surface area (TPSA) is 211 Å². The molecule has 120 valence electrons. The van der Waals surface area contributed by atoms with Gasteiger partial charge in [0.25, 0.3) is 0 Å². The molecule has 0 spiro atoms. The molecule has 0 aromatic carbocycles. The van der Waals surface area contributed by atoms with E-state index < -0.39 is 53.0 Å². The minimum atomic E-state index is -5.34. The van der Waals surface area contributed by atoms with Crippen LogP contribution in [0.5, 0.6) is 0 Å².